The van der Waals surface area contributed by atoms with Crippen molar-refractivity contribution < 1.29 is 8.42 Å². The predicted octanol–water partition coefficient (Wildman–Crippen LogP) is -0.390. The average Bonchev–Trinajstić information content (AvgIpc) is 2.84. The SMILES string of the molecule is Cn1ccnc1CCNS(=O)(=O)N1CCCCC1CN. The predicted molar refractivity (Wildman–Crippen MR) is 77.2 cm³/mol. The van der Waals surface area contributed by atoms with Gasteiger partial charge in [0, 0.05) is 51.5 Å². The Morgan fingerprint density at radius 1 is 1.50 bits per heavy atom. The molecule has 1 aromatic rings. The molecule has 0 aromatic carbocycles. The van der Waals surface area contributed by atoms with E-state index in [9.17, 15) is 8.42 Å². The molecule has 20 heavy (non-hydrogen) atoms. The molecule has 114 valence electrons. The number of hydrogen-bond acceptors (Lipinski definition) is 4. The molecular weight excluding hydrogens is 278 g/mol. The Hall–Kier alpha value is -0.960. The Morgan fingerprint density at radius 3 is 2.95 bits per heavy atom. The lowest BCUT2D eigenvalue weighted by molar-refractivity contribution is 0.254. The molecule has 0 radical (unpaired) electrons. The minimum absolute atomic E-state index is 0.0746. The summed E-state index contributed by atoms with van der Waals surface area (Å²) in [6.07, 6.45) is 6.91. The topological polar surface area (TPSA) is 93.2 Å². The molecule has 2 rings (SSSR count). The normalized spacial score (nSPS) is 21.2. The fourth-order valence-electron chi connectivity index (χ4n) is 2.54. The van der Waals surface area contributed by atoms with Gasteiger partial charge in [0.15, 0.2) is 0 Å². The van der Waals surface area contributed by atoms with Gasteiger partial charge in [0.1, 0.15) is 5.82 Å². The Bertz CT molecular complexity index is 528. The number of aromatic nitrogens is 2. The first kappa shape index (κ1) is 15.4. The van der Waals surface area contributed by atoms with Crippen LogP contribution in [0.25, 0.3) is 0 Å². The van der Waals surface area contributed by atoms with Crippen molar-refractivity contribution in [2.24, 2.45) is 12.8 Å². The number of aryl methyl sites for hydroxylation is 1. The third-order valence-corrected chi connectivity index (χ3v) is 5.38. The van der Waals surface area contributed by atoms with Gasteiger partial charge in [-0.25, -0.2) is 9.71 Å². The van der Waals surface area contributed by atoms with Crippen molar-refractivity contribution in [3.05, 3.63) is 18.2 Å². The Balaban J connectivity index is 1.91. The van der Waals surface area contributed by atoms with Crippen LogP contribution < -0.4 is 10.5 Å². The molecule has 0 aliphatic carbocycles. The zero-order valence-electron chi connectivity index (χ0n) is 11.8. The van der Waals surface area contributed by atoms with Gasteiger partial charge in [-0.3, -0.25) is 0 Å². The fourth-order valence-corrected chi connectivity index (χ4v) is 4.02. The second-order valence-corrected chi connectivity index (χ2v) is 6.81. The van der Waals surface area contributed by atoms with E-state index in [1.807, 2.05) is 17.8 Å². The number of hydrogen-bond donors (Lipinski definition) is 2. The number of nitrogens with one attached hydrogen (secondary N) is 1. The van der Waals surface area contributed by atoms with Crippen molar-refractivity contribution in [1.82, 2.24) is 18.6 Å². The standard InChI is InChI=1S/C12H23N5O2S/c1-16-9-7-14-12(16)5-6-15-20(18,19)17-8-3-2-4-11(17)10-13/h7,9,11,15H,2-6,8,10,13H2,1H3. The van der Waals surface area contributed by atoms with Crippen molar-refractivity contribution in [1.29, 1.82) is 0 Å². The first-order valence-electron chi connectivity index (χ1n) is 6.97. The highest BCUT2D eigenvalue weighted by molar-refractivity contribution is 7.87. The van der Waals surface area contributed by atoms with Crippen LogP contribution in [0.3, 0.4) is 0 Å². The van der Waals surface area contributed by atoms with Crippen LogP contribution in [0.2, 0.25) is 0 Å². The maximum Gasteiger partial charge on any atom is 0.279 e. The molecule has 1 unspecified atom stereocenters. The van der Waals surface area contributed by atoms with Gasteiger partial charge < -0.3 is 10.3 Å². The Kier molecular flexibility index (Phi) is 5.14. The molecule has 0 spiro atoms. The highest BCUT2D eigenvalue weighted by Gasteiger charge is 2.30. The summed E-state index contributed by atoms with van der Waals surface area (Å²) in [4.78, 5) is 4.17. The van der Waals surface area contributed by atoms with Gasteiger partial charge in [-0.1, -0.05) is 6.42 Å². The van der Waals surface area contributed by atoms with Crippen LogP contribution in [-0.4, -0.2) is 48.0 Å². The highest BCUT2D eigenvalue weighted by Crippen LogP contribution is 2.18. The molecule has 1 fully saturated rings. The number of nitrogens with zero attached hydrogens (tertiary/aromatic N) is 3. The summed E-state index contributed by atoms with van der Waals surface area (Å²) in [6.45, 7) is 1.28. The van der Waals surface area contributed by atoms with Gasteiger partial charge in [0.25, 0.3) is 10.2 Å². The smallest absolute Gasteiger partial charge is 0.279 e. The third kappa shape index (κ3) is 3.57. The molecule has 7 nitrogen and oxygen atoms in total. The largest absolute Gasteiger partial charge is 0.338 e. The summed E-state index contributed by atoms with van der Waals surface area (Å²) in [7, 11) is -1.55. The van der Waals surface area contributed by atoms with Gasteiger partial charge >= 0.3 is 0 Å². The van der Waals surface area contributed by atoms with Crippen LogP contribution >= 0.6 is 0 Å². The van der Waals surface area contributed by atoms with E-state index in [2.05, 4.69) is 9.71 Å². The van der Waals surface area contributed by atoms with Crippen molar-refractivity contribution in [2.45, 2.75) is 31.7 Å². The van der Waals surface area contributed by atoms with Crippen molar-refractivity contribution in [3.8, 4) is 0 Å². The Labute approximate surface area is 120 Å². The minimum atomic E-state index is -3.44. The van der Waals surface area contributed by atoms with Crippen molar-refractivity contribution in [3.63, 3.8) is 0 Å². The lowest BCUT2D eigenvalue weighted by atomic mass is 10.1. The van der Waals surface area contributed by atoms with E-state index < -0.39 is 10.2 Å². The molecule has 1 saturated heterocycles. The van der Waals surface area contributed by atoms with E-state index in [-0.39, 0.29) is 6.04 Å². The third-order valence-electron chi connectivity index (χ3n) is 3.71. The summed E-state index contributed by atoms with van der Waals surface area (Å²) in [5.74, 6) is 0.863. The van der Waals surface area contributed by atoms with Gasteiger partial charge in [0.05, 0.1) is 0 Å². The van der Waals surface area contributed by atoms with Gasteiger partial charge in [0.2, 0.25) is 0 Å². The van der Waals surface area contributed by atoms with Crippen molar-refractivity contribution in [2.75, 3.05) is 19.6 Å². The van der Waals surface area contributed by atoms with Crippen LogP contribution in [0, 0.1) is 0 Å². The summed E-state index contributed by atoms with van der Waals surface area (Å²) < 4.78 is 30.6. The lowest BCUT2D eigenvalue weighted by Crippen LogP contribution is -2.51. The molecular formula is C12H23N5O2S. The van der Waals surface area contributed by atoms with Gasteiger partial charge in [-0.05, 0) is 12.8 Å². The van der Waals surface area contributed by atoms with Crippen LogP contribution in [0.15, 0.2) is 12.4 Å². The van der Waals surface area contributed by atoms with Crippen LogP contribution in [-0.2, 0) is 23.7 Å². The monoisotopic (exact) mass is 301 g/mol. The summed E-state index contributed by atoms with van der Waals surface area (Å²) in [5, 5.41) is 0. The van der Waals surface area contributed by atoms with Crippen LogP contribution in [0.5, 0.6) is 0 Å². The van der Waals surface area contributed by atoms with Crippen LogP contribution in [0.1, 0.15) is 25.1 Å². The highest BCUT2D eigenvalue weighted by atomic mass is 32.2. The maximum absolute atomic E-state index is 12.3. The molecule has 0 saturated carbocycles. The number of piperidine rings is 1. The Morgan fingerprint density at radius 2 is 2.30 bits per heavy atom. The summed E-state index contributed by atoms with van der Waals surface area (Å²) in [6, 6.07) is -0.0746. The molecule has 3 N–H and O–H groups in total. The quantitative estimate of drug-likeness (QED) is 0.748. The zero-order valence-corrected chi connectivity index (χ0v) is 12.6. The van der Waals surface area contributed by atoms with Gasteiger partial charge in [-0.2, -0.15) is 12.7 Å². The molecule has 1 aliphatic heterocycles. The van der Waals surface area contributed by atoms with Crippen LogP contribution in [0.4, 0.5) is 0 Å². The maximum atomic E-state index is 12.3. The second-order valence-electron chi connectivity index (χ2n) is 5.10. The van der Waals surface area contributed by atoms with E-state index in [0.29, 0.717) is 26.1 Å². The van der Waals surface area contributed by atoms with E-state index in [1.54, 1.807) is 6.20 Å². The minimum Gasteiger partial charge on any atom is -0.338 e. The molecule has 0 amide bonds. The molecule has 0 bridgehead atoms. The van der Waals surface area contributed by atoms with E-state index >= 15 is 0 Å². The first-order valence-corrected chi connectivity index (χ1v) is 8.41. The number of nitrogens with two attached hydrogens (primary N) is 1. The molecule has 1 aromatic heterocycles. The molecule has 1 atom stereocenters. The lowest BCUT2D eigenvalue weighted by Gasteiger charge is -2.33. The number of rotatable bonds is 6. The van der Waals surface area contributed by atoms with E-state index in [0.717, 1.165) is 25.1 Å². The van der Waals surface area contributed by atoms with E-state index in [4.69, 9.17) is 5.73 Å². The summed E-state index contributed by atoms with van der Waals surface area (Å²) >= 11 is 0. The molecule has 1 aliphatic rings. The second kappa shape index (κ2) is 6.66. The molecule has 8 heteroatoms. The average molecular weight is 301 g/mol. The zero-order chi connectivity index (χ0) is 14.6. The van der Waals surface area contributed by atoms with Crippen molar-refractivity contribution >= 4 is 10.2 Å². The summed E-state index contributed by atoms with van der Waals surface area (Å²) in [5.41, 5.74) is 5.67. The first-order chi connectivity index (χ1) is 9.54. The fraction of sp³-hybridized carbons (Fsp3) is 0.750. The number of imidazole rings is 1. The van der Waals surface area contributed by atoms with E-state index in [1.165, 1.54) is 4.31 Å². The molecule has 2 heterocycles. The van der Waals surface area contributed by atoms with Gasteiger partial charge in [-0.15, -0.1) is 0 Å².